The van der Waals surface area contributed by atoms with E-state index >= 15 is 0 Å². The summed E-state index contributed by atoms with van der Waals surface area (Å²) in [5.41, 5.74) is 9.84. The number of hydrogen-bond acceptors (Lipinski definition) is 1. The molecule has 0 spiro atoms. The van der Waals surface area contributed by atoms with Crippen LogP contribution in [0, 0.1) is 0 Å². The number of benzene rings is 1. The van der Waals surface area contributed by atoms with Crippen LogP contribution in [0.3, 0.4) is 0 Å². The Balaban J connectivity index is 2.55. The Morgan fingerprint density at radius 2 is 2.00 bits per heavy atom. The van der Waals surface area contributed by atoms with Gasteiger partial charge in [0, 0.05) is 11.0 Å². The van der Waals surface area contributed by atoms with E-state index in [2.05, 4.69) is 28.1 Å². The van der Waals surface area contributed by atoms with Gasteiger partial charge in [-0.15, -0.1) is 0 Å². The molecule has 0 bridgehead atoms. The van der Waals surface area contributed by atoms with Gasteiger partial charge in [-0.1, -0.05) is 22.0 Å². The molecule has 0 saturated carbocycles. The third-order valence-corrected chi connectivity index (χ3v) is 3.06. The van der Waals surface area contributed by atoms with Gasteiger partial charge in [0.05, 0.1) is 0 Å². The van der Waals surface area contributed by atoms with Crippen LogP contribution in [0.4, 0.5) is 0 Å². The van der Waals surface area contributed by atoms with Gasteiger partial charge in [-0.25, -0.2) is 0 Å². The van der Waals surface area contributed by atoms with Crippen LogP contribution in [0.1, 0.15) is 16.7 Å². The van der Waals surface area contributed by atoms with Crippen molar-refractivity contribution in [1.82, 2.24) is 0 Å². The zero-order valence-corrected chi connectivity index (χ0v) is 7.82. The highest BCUT2D eigenvalue weighted by Crippen LogP contribution is 2.32. The number of fused-ring (bicyclic) bond motifs is 1. The average molecular weight is 212 g/mol. The van der Waals surface area contributed by atoms with Crippen molar-refractivity contribution in [2.75, 3.05) is 0 Å². The molecule has 0 radical (unpaired) electrons. The Morgan fingerprint density at radius 1 is 1.27 bits per heavy atom. The summed E-state index contributed by atoms with van der Waals surface area (Å²) in [4.78, 5) is 0. The third kappa shape index (κ3) is 1.01. The lowest BCUT2D eigenvalue weighted by atomic mass is 9.85. The first-order chi connectivity index (χ1) is 5.33. The third-order valence-electron chi connectivity index (χ3n) is 2.32. The minimum absolute atomic E-state index is 0.676. The lowest BCUT2D eigenvalue weighted by molar-refractivity contribution is 0.804. The number of hydrogen-bond donors (Lipinski definition) is 1. The van der Waals surface area contributed by atoms with Crippen LogP contribution in [0.2, 0.25) is 0 Å². The molecule has 0 unspecified atom stereocenters. The Labute approximate surface area is 74.7 Å². The second-order valence-electron chi connectivity index (χ2n) is 2.87. The summed E-state index contributed by atoms with van der Waals surface area (Å²) < 4.78 is 1.25. The fraction of sp³-hybridized carbons (Fsp3) is 0.333. The minimum Gasteiger partial charge on any atom is -0.326 e. The second kappa shape index (κ2) is 2.61. The molecule has 0 amide bonds. The maximum atomic E-state index is 5.59. The topological polar surface area (TPSA) is 26.0 Å². The Bertz CT molecular complexity index is 294. The second-order valence-corrected chi connectivity index (χ2v) is 3.72. The Kier molecular flexibility index (Phi) is 1.74. The molecule has 0 atom stereocenters. The number of rotatable bonds is 1. The summed E-state index contributed by atoms with van der Waals surface area (Å²) in [7, 11) is 0. The van der Waals surface area contributed by atoms with Crippen molar-refractivity contribution >= 4 is 15.9 Å². The molecule has 1 nitrogen and oxygen atoms in total. The van der Waals surface area contributed by atoms with E-state index in [0.717, 1.165) is 0 Å². The first kappa shape index (κ1) is 7.32. The van der Waals surface area contributed by atoms with Crippen molar-refractivity contribution in [3.8, 4) is 0 Å². The Hall–Kier alpha value is -0.340. The predicted octanol–water partition coefficient (Wildman–Crippen LogP) is 2.01. The molecule has 1 aromatic carbocycles. The molecule has 2 heteroatoms. The van der Waals surface area contributed by atoms with E-state index in [1.54, 1.807) is 0 Å². The van der Waals surface area contributed by atoms with Crippen molar-refractivity contribution in [3.63, 3.8) is 0 Å². The molecule has 2 N–H and O–H groups in total. The van der Waals surface area contributed by atoms with Crippen LogP contribution in [0.15, 0.2) is 16.6 Å². The lowest BCUT2D eigenvalue weighted by Crippen LogP contribution is -2.14. The van der Waals surface area contributed by atoms with Crippen LogP contribution in [0.5, 0.6) is 0 Å². The van der Waals surface area contributed by atoms with E-state index < -0.39 is 0 Å². The first-order valence-electron chi connectivity index (χ1n) is 3.82. The monoisotopic (exact) mass is 211 g/mol. The summed E-state index contributed by atoms with van der Waals surface area (Å²) in [6.45, 7) is 0.676. The van der Waals surface area contributed by atoms with E-state index in [4.69, 9.17) is 5.73 Å². The van der Waals surface area contributed by atoms with E-state index in [0.29, 0.717) is 6.54 Å². The van der Waals surface area contributed by atoms with Crippen LogP contribution in [0.25, 0.3) is 0 Å². The van der Waals surface area contributed by atoms with Crippen LogP contribution in [-0.2, 0) is 19.4 Å². The summed E-state index contributed by atoms with van der Waals surface area (Å²) in [6, 6.07) is 4.21. The van der Waals surface area contributed by atoms with Gasteiger partial charge < -0.3 is 5.73 Å². The molecule has 1 aliphatic rings. The van der Waals surface area contributed by atoms with Crippen LogP contribution >= 0.6 is 15.9 Å². The summed E-state index contributed by atoms with van der Waals surface area (Å²) in [5, 5.41) is 0. The molecule has 58 valence electrons. The summed E-state index contributed by atoms with van der Waals surface area (Å²) >= 11 is 3.52. The number of halogens is 1. The average Bonchev–Trinajstić information content (AvgIpc) is 1.93. The maximum absolute atomic E-state index is 5.59. The minimum atomic E-state index is 0.676. The fourth-order valence-corrected chi connectivity index (χ4v) is 2.13. The van der Waals surface area contributed by atoms with Crippen molar-refractivity contribution in [1.29, 1.82) is 0 Å². The highest BCUT2D eigenvalue weighted by atomic mass is 79.9. The highest BCUT2D eigenvalue weighted by Gasteiger charge is 2.18. The zero-order chi connectivity index (χ0) is 7.84. The standard InChI is InChI=1S/C9H10BrN/c10-9-4-1-6(5-11)7-2-3-8(7)9/h1,4H,2-3,5,11H2. The molecular formula is C9H10BrN. The maximum Gasteiger partial charge on any atom is 0.0210 e. The van der Waals surface area contributed by atoms with Crippen molar-refractivity contribution in [2.24, 2.45) is 5.73 Å². The largest absolute Gasteiger partial charge is 0.326 e. The van der Waals surface area contributed by atoms with Crippen molar-refractivity contribution < 1.29 is 0 Å². The van der Waals surface area contributed by atoms with Gasteiger partial charge in [-0.3, -0.25) is 0 Å². The van der Waals surface area contributed by atoms with Crippen LogP contribution < -0.4 is 5.73 Å². The summed E-state index contributed by atoms with van der Waals surface area (Å²) in [6.07, 6.45) is 2.42. The molecular weight excluding hydrogens is 202 g/mol. The van der Waals surface area contributed by atoms with Gasteiger partial charge in [-0.2, -0.15) is 0 Å². The zero-order valence-electron chi connectivity index (χ0n) is 6.23. The molecule has 2 rings (SSSR count). The predicted molar refractivity (Wildman–Crippen MR) is 49.4 cm³/mol. The molecule has 0 heterocycles. The van der Waals surface area contributed by atoms with E-state index in [1.807, 2.05) is 0 Å². The Morgan fingerprint density at radius 3 is 2.55 bits per heavy atom. The first-order valence-corrected chi connectivity index (χ1v) is 4.61. The summed E-state index contributed by atoms with van der Waals surface area (Å²) in [5.74, 6) is 0. The molecule has 11 heavy (non-hydrogen) atoms. The molecule has 0 aliphatic heterocycles. The van der Waals surface area contributed by atoms with Crippen LogP contribution in [-0.4, -0.2) is 0 Å². The lowest BCUT2D eigenvalue weighted by Gasteiger charge is -2.23. The quantitative estimate of drug-likeness (QED) is 0.756. The van der Waals surface area contributed by atoms with E-state index in [9.17, 15) is 0 Å². The van der Waals surface area contributed by atoms with E-state index in [1.165, 1.54) is 34.0 Å². The normalized spacial score (nSPS) is 14.0. The van der Waals surface area contributed by atoms with E-state index in [-0.39, 0.29) is 0 Å². The van der Waals surface area contributed by atoms with Gasteiger partial charge in [0.15, 0.2) is 0 Å². The van der Waals surface area contributed by atoms with Gasteiger partial charge in [0.25, 0.3) is 0 Å². The van der Waals surface area contributed by atoms with Gasteiger partial charge >= 0.3 is 0 Å². The smallest absolute Gasteiger partial charge is 0.0210 e. The highest BCUT2D eigenvalue weighted by molar-refractivity contribution is 9.10. The number of nitrogens with two attached hydrogens (primary N) is 1. The van der Waals surface area contributed by atoms with Crippen molar-refractivity contribution in [2.45, 2.75) is 19.4 Å². The molecule has 0 fully saturated rings. The van der Waals surface area contributed by atoms with Crippen molar-refractivity contribution in [3.05, 3.63) is 33.3 Å². The van der Waals surface area contributed by atoms with Gasteiger partial charge in [0.2, 0.25) is 0 Å². The van der Waals surface area contributed by atoms with Gasteiger partial charge in [0.1, 0.15) is 0 Å². The SMILES string of the molecule is NCc1ccc(Br)c2c1CC2. The van der Waals surface area contributed by atoms with Gasteiger partial charge in [-0.05, 0) is 35.6 Å². The molecule has 1 aromatic rings. The fourth-order valence-electron chi connectivity index (χ4n) is 1.56. The molecule has 0 aromatic heterocycles. The molecule has 0 saturated heterocycles. The molecule has 1 aliphatic carbocycles.